The van der Waals surface area contributed by atoms with Crippen molar-refractivity contribution in [2.24, 2.45) is 0 Å². The largest absolute Gasteiger partial charge is 0.311 e. The van der Waals surface area contributed by atoms with Gasteiger partial charge in [0.2, 0.25) is 0 Å². The van der Waals surface area contributed by atoms with Crippen LogP contribution in [-0.2, 0) is 10.0 Å². The summed E-state index contributed by atoms with van der Waals surface area (Å²) in [7, 11) is -1.92. The molecule has 0 aliphatic rings. The van der Waals surface area contributed by atoms with Crippen molar-refractivity contribution in [3.8, 4) is 0 Å². The molecule has 5 nitrogen and oxygen atoms in total. The summed E-state index contributed by atoms with van der Waals surface area (Å²) in [6.45, 7) is 8.12. The van der Waals surface area contributed by atoms with Crippen LogP contribution < -0.4 is 9.21 Å². The highest BCUT2D eigenvalue weighted by atomic mass is 32.2. The van der Waals surface area contributed by atoms with Gasteiger partial charge in [0.1, 0.15) is 0 Å². The van der Waals surface area contributed by atoms with Gasteiger partial charge in [0.05, 0.1) is 15.5 Å². The average Bonchev–Trinajstić information content (AvgIpc) is 3.24. The van der Waals surface area contributed by atoms with E-state index < -0.39 is 10.0 Å². The van der Waals surface area contributed by atoms with Crippen molar-refractivity contribution in [2.75, 3.05) is 22.8 Å². The van der Waals surface area contributed by atoms with Gasteiger partial charge in [-0.15, -0.1) is 11.3 Å². The van der Waals surface area contributed by atoms with Crippen LogP contribution in [0.15, 0.2) is 71.6 Å². The molecule has 7 heteroatoms. The maximum Gasteiger partial charge on any atom is 0.268 e. The lowest BCUT2D eigenvalue weighted by molar-refractivity contribution is 0.0997. The molecule has 0 bridgehead atoms. The van der Waals surface area contributed by atoms with Crippen molar-refractivity contribution in [1.29, 1.82) is 0 Å². The molecule has 34 heavy (non-hydrogen) atoms. The van der Waals surface area contributed by atoms with Gasteiger partial charge in [0.15, 0.2) is 0 Å². The third-order valence-corrected chi connectivity index (χ3v) is 9.10. The number of nitrogens with zero attached hydrogens (tertiary/aromatic N) is 2. The molecule has 4 aromatic rings. The molecule has 1 aromatic heterocycles. The first-order valence-corrected chi connectivity index (χ1v) is 13.4. The predicted molar refractivity (Wildman–Crippen MR) is 142 cm³/mol. The van der Waals surface area contributed by atoms with Gasteiger partial charge < -0.3 is 4.90 Å². The summed E-state index contributed by atoms with van der Waals surface area (Å²) in [5, 5.41) is 0.844. The Morgan fingerprint density at radius 1 is 0.853 bits per heavy atom. The fraction of sp³-hybridized carbons (Fsp3) is 0.222. The summed E-state index contributed by atoms with van der Waals surface area (Å²) in [6.07, 6.45) is 0. The van der Waals surface area contributed by atoms with E-state index in [2.05, 4.69) is 0 Å². The third kappa shape index (κ3) is 4.45. The number of carbonyl (C=O) groups excluding carboxylic acids is 1. The minimum atomic E-state index is -3.69. The molecular formula is C27H28N2O3S2. The molecule has 0 atom stereocenters. The normalized spacial score (nSPS) is 11.6. The zero-order valence-corrected chi connectivity index (χ0v) is 21.6. The highest BCUT2D eigenvalue weighted by Gasteiger charge is 2.24. The van der Waals surface area contributed by atoms with Crippen LogP contribution in [0.2, 0.25) is 0 Å². The average molecular weight is 493 g/mol. The Kier molecular flexibility index (Phi) is 6.51. The standard InChI is InChI=1S/C27H28N2O3S2/c1-6-29(34(31,32)24-12-7-18(2)8-13-24)23-11-14-25-21(16-23)17-26(33-25)27(30)28(5)22-10-9-19(3)20(4)15-22/h7-17H,6H2,1-5H3. The van der Waals surface area contributed by atoms with Crippen molar-refractivity contribution < 1.29 is 13.2 Å². The molecule has 0 unspecified atom stereocenters. The van der Waals surface area contributed by atoms with E-state index in [9.17, 15) is 13.2 Å². The van der Waals surface area contributed by atoms with E-state index in [0.29, 0.717) is 17.1 Å². The number of fused-ring (bicyclic) bond motifs is 1. The lowest BCUT2D eigenvalue weighted by atomic mass is 10.1. The van der Waals surface area contributed by atoms with Crippen molar-refractivity contribution in [2.45, 2.75) is 32.6 Å². The third-order valence-electron chi connectivity index (χ3n) is 6.08. The molecule has 3 aromatic carbocycles. The maximum absolute atomic E-state index is 13.3. The molecular weight excluding hydrogens is 464 g/mol. The second-order valence-corrected chi connectivity index (χ2v) is 11.4. The second-order valence-electron chi connectivity index (χ2n) is 8.45. The molecule has 0 saturated carbocycles. The lowest BCUT2D eigenvalue weighted by Crippen LogP contribution is -2.30. The summed E-state index contributed by atoms with van der Waals surface area (Å²) in [6, 6.07) is 20.2. The van der Waals surface area contributed by atoms with Gasteiger partial charge in [-0.25, -0.2) is 8.42 Å². The van der Waals surface area contributed by atoms with E-state index >= 15 is 0 Å². The van der Waals surface area contributed by atoms with Gasteiger partial charge >= 0.3 is 0 Å². The van der Waals surface area contributed by atoms with Crippen LogP contribution in [0.5, 0.6) is 0 Å². The van der Waals surface area contributed by atoms with Crippen LogP contribution in [-0.4, -0.2) is 27.9 Å². The lowest BCUT2D eigenvalue weighted by Gasteiger charge is -2.23. The molecule has 0 aliphatic carbocycles. The molecule has 0 spiro atoms. The Hall–Kier alpha value is -3.16. The number of anilines is 2. The maximum atomic E-state index is 13.3. The number of amides is 1. The Balaban J connectivity index is 1.66. The number of aryl methyl sites for hydroxylation is 3. The monoisotopic (exact) mass is 492 g/mol. The predicted octanol–water partition coefficient (Wildman–Crippen LogP) is 6.32. The van der Waals surface area contributed by atoms with E-state index in [1.807, 2.05) is 64.1 Å². The first-order chi connectivity index (χ1) is 16.1. The summed E-state index contributed by atoms with van der Waals surface area (Å²) < 4.78 is 28.9. The smallest absolute Gasteiger partial charge is 0.268 e. The van der Waals surface area contributed by atoms with Crippen molar-refractivity contribution >= 4 is 48.7 Å². The van der Waals surface area contributed by atoms with Crippen molar-refractivity contribution in [1.82, 2.24) is 0 Å². The minimum absolute atomic E-state index is 0.0920. The Bertz CT molecular complexity index is 1470. The number of thiophene rings is 1. The number of hydrogen-bond acceptors (Lipinski definition) is 4. The molecule has 0 N–H and O–H groups in total. The van der Waals surface area contributed by atoms with Gasteiger partial charge in [-0.3, -0.25) is 9.10 Å². The summed E-state index contributed by atoms with van der Waals surface area (Å²) >= 11 is 1.41. The molecule has 0 saturated heterocycles. The van der Waals surface area contributed by atoms with E-state index in [0.717, 1.165) is 26.9 Å². The summed E-state index contributed by atoms with van der Waals surface area (Å²) in [4.78, 5) is 15.7. The zero-order valence-electron chi connectivity index (χ0n) is 20.0. The number of carbonyl (C=O) groups is 1. The zero-order chi connectivity index (χ0) is 24.6. The first-order valence-electron chi connectivity index (χ1n) is 11.1. The quantitative estimate of drug-likeness (QED) is 0.317. The van der Waals surface area contributed by atoms with E-state index in [1.165, 1.54) is 21.2 Å². The first kappa shape index (κ1) is 24.0. The Morgan fingerprint density at radius 2 is 1.53 bits per heavy atom. The number of hydrogen-bond donors (Lipinski definition) is 0. The van der Waals surface area contributed by atoms with Crippen molar-refractivity contribution in [3.63, 3.8) is 0 Å². The van der Waals surface area contributed by atoms with Gasteiger partial charge in [-0.05, 0) is 92.7 Å². The van der Waals surface area contributed by atoms with Gasteiger partial charge in [-0.2, -0.15) is 0 Å². The number of rotatable bonds is 6. The molecule has 1 amide bonds. The molecule has 0 aliphatic heterocycles. The Labute approximate surface area is 205 Å². The van der Waals surface area contributed by atoms with Gasteiger partial charge in [0, 0.05) is 24.0 Å². The highest BCUT2D eigenvalue weighted by molar-refractivity contribution is 7.92. The van der Waals surface area contributed by atoms with Crippen LogP contribution in [0.25, 0.3) is 10.1 Å². The fourth-order valence-electron chi connectivity index (χ4n) is 3.84. The van der Waals surface area contributed by atoms with Crippen LogP contribution in [0.3, 0.4) is 0 Å². The molecule has 176 valence electrons. The number of benzene rings is 3. The topological polar surface area (TPSA) is 57.7 Å². The second kappa shape index (κ2) is 9.24. The van der Waals surface area contributed by atoms with E-state index in [-0.39, 0.29) is 10.8 Å². The van der Waals surface area contributed by atoms with Crippen LogP contribution in [0.1, 0.15) is 33.3 Å². The molecule has 1 heterocycles. The molecule has 4 rings (SSSR count). The molecule has 0 radical (unpaired) electrons. The van der Waals surface area contributed by atoms with Crippen molar-refractivity contribution in [3.05, 3.63) is 88.3 Å². The summed E-state index contributed by atoms with van der Waals surface area (Å²) in [5.41, 5.74) is 4.74. The SMILES string of the molecule is CCN(c1ccc2sc(C(=O)N(C)c3ccc(C)c(C)c3)cc2c1)S(=O)(=O)c1ccc(C)cc1. The van der Waals surface area contributed by atoms with Crippen LogP contribution in [0, 0.1) is 20.8 Å². The van der Waals surface area contributed by atoms with E-state index in [1.54, 1.807) is 42.3 Å². The van der Waals surface area contributed by atoms with E-state index in [4.69, 9.17) is 0 Å². The Morgan fingerprint density at radius 3 is 2.18 bits per heavy atom. The fourth-order valence-corrected chi connectivity index (χ4v) is 6.32. The molecule has 0 fully saturated rings. The van der Waals surface area contributed by atoms with Crippen LogP contribution in [0.4, 0.5) is 11.4 Å². The van der Waals surface area contributed by atoms with Gasteiger partial charge in [-0.1, -0.05) is 23.8 Å². The highest BCUT2D eigenvalue weighted by Crippen LogP contribution is 2.33. The number of sulfonamides is 1. The van der Waals surface area contributed by atoms with Crippen LogP contribution >= 0.6 is 11.3 Å². The van der Waals surface area contributed by atoms with Gasteiger partial charge in [0.25, 0.3) is 15.9 Å². The minimum Gasteiger partial charge on any atom is -0.311 e. The summed E-state index contributed by atoms with van der Waals surface area (Å²) in [5.74, 6) is -0.0920.